The number of Topliss-reactive ketones (excluding diaryl/α,β-unsaturated/α-hetero) is 1. The molecule has 1 aromatic carbocycles. The normalized spacial score (nSPS) is 24.1. The number of esters is 1. The maximum absolute atomic E-state index is 12.5. The fraction of sp³-hybridized carbons (Fsp3) is 0.550. The van der Waals surface area contributed by atoms with Crippen molar-refractivity contribution in [2.24, 2.45) is 0 Å². The van der Waals surface area contributed by atoms with Crippen LogP contribution in [0.15, 0.2) is 12.1 Å². The molecule has 2 unspecified atom stereocenters. The summed E-state index contributed by atoms with van der Waals surface area (Å²) in [6.45, 7) is 6.64. The van der Waals surface area contributed by atoms with Crippen LogP contribution in [-0.4, -0.2) is 54.7 Å². The molecular formula is C20H25NO7S. The Morgan fingerprint density at radius 1 is 1.38 bits per heavy atom. The number of aliphatic hydroxyl groups excluding tert-OH is 1. The van der Waals surface area contributed by atoms with Crippen molar-refractivity contribution in [1.29, 1.82) is 0 Å². The first-order chi connectivity index (χ1) is 13.3. The second-order valence-electron chi connectivity index (χ2n) is 8.71. The van der Waals surface area contributed by atoms with E-state index < -0.39 is 44.0 Å². The van der Waals surface area contributed by atoms with Gasteiger partial charge in [0.05, 0.1) is 16.9 Å². The number of sulfonamides is 1. The Bertz CT molecular complexity index is 1010. The van der Waals surface area contributed by atoms with Gasteiger partial charge in [-0.15, -0.1) is 0 Å². The highest BCUT2D eigenvalue weighted by molar-refractivity contribution is 7.90. The van der Waals surface area contributed by atoms with Gasteiger partial charge in [0, 0.05) is 24.7 Å². The SMILES string of the molecule is CN1CCC(C(O)c2cc(C(C)(C)C(=O)C=O)c3c(c2)C(C)(C)C(=O)O3)S1(=O)=O. The first-order valence-corrected chi connectivity index (χ1v) is 10.8. The minimum absolute atomic E-state index is 0.183. The fourth-order valence-corrected chi connectivity index (χ4v) is 5.53. The summed E-state index contributed by atoms with van der Waals surface area (Å²) in [7, 11) is -2.22. The molecule has 1 aromatic rings. The van der Waals surface area contributed by atoms with E-state index in [4.69, 9.17) is 4.74 Å². The quantitative estimate of drug-likeness (QED) is 0.325. The summed E-state index contributed by atoms with van der Waals surface area (Å²) in [6, 6.07) is 3.02. The molecule has 0 radical (unpaired) electrons. The average Bonchev–Trinajstić information content (AvgIpc) is 3.05. The van der Waals surface area contributed by atoms with Crippen molar-refractivity contribution in [2.45, 2.75) is 56.3 Å². The van der Waals surface area contributed by atoms with Gasteiger partial charge in [-0.25, -0.2) is 12.7 Å². The summed E-state index contributed by atoms with van der Waals surface area (Å²) in [5, 5.41) is 9.90. The molecule has 1 fully saturated rings. The lowest BCUT2D eigenvalue weighted by molar-refractivity contribution is -0.137. The maximum atomic E-state index is 12.5. The van der Waals surface area contributed by atoms with E-state index in [1.54, 1.807) is 19.9 Å². The highest BCUT2D eigenvalue weighted by Crippen LogP contribution is 2.47. The Morgan fingerprint density at radius 3 is 2.52 bits per heavy atom. The summed E-state index contributed by atoms with van der Waals surface area (Å²) < 4.78 is 31.7. The number of aliphatic hydroxyl groups is 1. The lowest BCUT2D eigenvalue weighted by Crippen LogP contribution is -2.32. The summed E-state index contributed by atoms with van der Waals surface area (Å²) in [6.07, 6.45) is -0.905. The molecule has 0 aromatic heterocycles. The van der Waals surface area contributed by atoms with Gasteiger partial charge in [-0.2, -0.15) is 0 Å². The summed E-state index contributed by atoms with van der Waals surface area (Å²) in [5.74, 6) is -1.06. The third-order valence-electron chi connectivity index (χ3n) is 6.13. The number of benzene rings is 1. The molecule has 1 N–H and O–H groups in total. The van der Waals surface area contributed by atoms with Crippen LogP contribution in [0.3, 0.4) is 0 Å². The first-order valence-electron chi connectivity index (χ1n) is 9.30. The Kier molecular flexibility index (Phi) is 5.00. The Hall–Kier alpha value is -2.10. The molecule has 9 heteroatoms. The largest absolute Gasteiger partial charge is 0.425 e. The minimum atomic E-state index is -3.67. The molecule has 0 bridgehead atoms. The molecule has 3 rings (SSSR count). The predicted molar refractivity (Wildman–Crippen MR) is 104 cm³/mol. The van der Waals surface area contributed by atoms with Crippen molar-refractivity contribution in [1.82, 2.24) is 4.31 Å². The smallest absolute Gasteiger partial charge is 0.321 e. The number of carbonyl (C=O) groups excluding carboxylic acids is 3. The fourth-order valence-electron chi connectivity index (χ4n) is 3.82. The van der Waals surface area contributed by atoms with Gasteiger partial charge in [0.25, 0.3) is 0 Å². The van der Waals surface area contributed by atoms with Gasteiger partial charge in [-0.05, 0) is 51.8 Å². The number of nitrogens with zero attached hydrogens (tertiary/aromatic N) is 1. The molecule has 0 spiro atoms. The van der Waals surface area contributed by atoms with Crippen LogP contribution < -0.4 is 4.74 Å². The van der Waals surface area contributed by atoms with Crippen LogP contribution in [0.5, 0.6) is 5.75 Å². The van der Waals surface area contributed by atoms with Crippen molar-refractivity contribution in [3.63, 3.8) is 0 Å². The van der Waals surface area contributed by atoms with Gasteiger partial charge in [-0.3, -0.25) is 14.4 Å². The van der Waals surface area contributed by atoms with E-state index in [-0.39, 0.29) is 29.6 Å². The minimum Gasteiger partial charge on any atom is -0.425 e. The van der Waals surface area contributed by atoms with Crippen molar-refractivity contribution >= 4 is 28.1 Å². The van der Waals surface area contributed by atoms with Gasteiger partial charge in [-0.1, -0.05) is 0 Å². The van der Waals surface area contributed by atoms with Gasteiger partial charge in [0.15, 0.2) is 6.29 Å². The topological polar surface area (TPSA) is 118 Å². The number of fused-ring (bicyclic) bond motifs is 1. The van der Waals surface area contributed by atoms with Gasteiger partial charge in [0.2, 0.25) is 15.8 Å². The van der Waals surface area contributed by atoms with Crippen LogP contribution in [0.2, 0.25) is 0 Å². The van der Waals surface area contributed by atoms with Crippen molar-refractivity contribution < 1.29 is 32.6 Å². The number of hydrogen-bond donors (Lipinski definition) is 1. The van der Waals surface area contributed by atoms with E-state index in [2.05, 4.69) is 0 Å². The number of aldehydes is 1. The Labute approximate surface area is 169 Å². The van der Waals surface area contributed by atoms with Crippen LogP contribution in [0.1, 0.15) is 56.9 Å². The van der Waals surface area contributed by atoms with E-state index in [1.165, 1.54) is 31.3 Å². The van der Waals surface area contributed by atoms with E-state index >= 15 is 0 Å². The Morgan fingerprint density at radius 2 is 2.00 bits per heavy atom. The molecule has 2 heterocycles. The highest BCUT2D eigenvalue weighted by atomic mass is 32.2. The summed E-state index contributed by atoms with van der Waals surface area (Å²) >= 11 is 0. The zero-order chi connectivity index (χ0) is 21.9. The molecule has 0 aliphatic carbocycles. The monoisotopic (exact) mass is 423 g/mol. The van der Waals surface area contributed by atoms with E-state index in [0.29, 0.717) is 12.1 Å². The lowest BCUT2D eigenvalue weighted by Gasteiger charge is -2.27. The zero-order valence-electron chi connectivity index (χ0n) is 17.1. The molecule has 2 atom stereocenters. The third kappa shape index (κ3) is 3.12. The van der Waals surface area contributed by atoms with Crippen molar-refractivity contribution in [3.8, 4) is 5.75 Å². The first kappa shape index (κ1) is 21.6. The second kappa shape index (κ2) is 6.72. The molecule has 0 amide bonds. The molecular weight excluding hydrogens is 398 g/mol. The van der Waals surface area contributed by atoms with E-state index in [9.17, 15) is 27.9 Å². The van der Waals surface area contributed by atoms with Crippen LogP contribution >= 0.6 is 0 Å². The molecule has 2 aliphatic rings. The van der Waals surface area contributed by atoms with Crippen molar-refractivity contribution in [3.05, 3.63) is 28.8 Å². The number of rotatable bonds is 5. The number of carbonyl (C=O) groups is 3. The number of hydrogen-bond acceptors (Lipinski definition) is 7. The molecule has 8 nitrogen and oxygen atoms in total. The molecule has 158 valence electrons. The average molecular weight is 423 g/mol. The zero-order valence-corrected chi connectivity index (χ0v) is 17.9. The third-order valence-corrected chi connectivity index (χ3v) is 8.44. The highest BCUT2D eigenvalue weighted by Gasteiger charge is 2.47. The standard InChI is InChI=1S/C20H25NO7S/c1-19(2,15(23)10-22)12-8-11(9-13-17(12)28-18(25)20(13,3)4)16(24)14-6-7-21(5)29(14,26)27/h8-10,14,16,24H,6-7H2,1-5H3. The molecule has 1 saturated heterocycles. The van der Waals surface area contributed by atoms with Gasteiger partial charge >= 0.3 is 5.97 Å². The number of ketones is 1. The maximum Gasteiger partial charge on any atom is 0.321 e. The Balaban J connectivity index is 2.22. The summed E-state index contributed by atoms with van der Waals surface area (Å²) in [5.41, 5.74) is -1.40. The van der Waals surface area contributed by atoms with Crippen molar-refractivity contribution in [2.75, 3.05) is 13.6 Å². The summed E-state index contributed by atoms with van der Waals surface area (Å²) in [4.78, 5) is 35.9. The van der Waals surface area contributed by atoms with Crippen LogP contribution in [-0.2, 0) is 35.2 Å². The van der Waals surface area contributed by atoms with Gasteiger partial charge in [0.1, 0.15) is 11.0 Å². The second-order valence-corrected chi connectivity index (χ2v) is 11.0. The molecule has 2 aliphatic heterocycles. The number of ether oxygens (including phenoxy) is 1. The van der Waals surface area contributed by atoms with Crippen LogP contribution in [0.25, 0.3) is 0 Å². The molecule has 0 saturated carbocycles. The van der Waals surface area contributed by atoms with E-state index in [0.717, 1.165) is 0 Å². The lowest BCUT2D eigenvalue weighted by atomic mass is 9.75. The van der Waals surface area contributed by atoms with E-state index in [1.807, 2.05) is 0 Å². The van der Waals surface area contributed by atoms with Crippen LogP contribution in [0.4, 0.5) is 0 Å². The predicted octanol–water partition coefficient (Wildman–Crippen LogP) is 0.996. The van der Waals surface area contributed by atoms with Crippen LogP contribution in [0, 0.1) is 0 Å². The van der Waals surface area contributed by atoms with Gasteiger partial charge < -0.3 is 9.84 Å². The molecule has 29 heavy (non-hydrogen) atoms.